The fraction of sp³-hybridized carbons (Fsp3) is 0.778. The highest BCUT2D eigenvalue weighted by molar-refractivity contribution is 4.77. The van der Waals surface area contributed by atoms with Crippen LogP contribution in [0.1, 0.15) is 26.2 Å². The SMILES string of the molecule is C=CC(O)CCOCCCC. The van der Waals surface area contributed by atoms with Crippen molar-refractivity contribution in [1.82, 2.24) is 0 Å². The first-order valence-electron chi connectivity index (χ1n) is 4.19. The van der Waals surface area contributed by atoms with Crippen molar-refractivity contribution in [2.24, 2.45) is 0 Å². The molecule has 0 aromatic heterocycles. The average Bonchev–Trinajstić information content (AvgIpc) is 2.04. The van der Waals surface area contributed by atoms with Gasteiger partial charge in [-0.05, 0) is 6.42 Å². The van der Waals surface area contributed by atoms with E-state index in [0.29, 0.717) is 13.0 Å². The summed E-state index contributed by atoms with van der Waals surface area (Å²) in [6.07, 6.45) is 4.04. The van der Waals surface area contributed by atoms with Gasteiger partial charge in [-0.1, -0.05) is 19.4 Å². The zero-order valence-corrected chi connectivity index (χ0v) is 7.25. The first kappa shape index (κ1) is 10.7. The lowest BCUT2D eigenvalue weighted by Crippen LogP contribution is -2.07. The molecule has 0 aliphatic carbocycles. The second-order valence-corrected chi connectivity index (χ2v) is 2.56. The Morgan fingerprint density at radius 1 is 1.55 bits per heavy atom. The number of aliphatic hydroxyl groups is 1. The van der Waals surface area contributed by atoms with E-state index in [9.17, 15) is 0 Å². The fourth-order valence-corrected chi connectivity index (χ4v) is 0.670. The fourth-order valence-electron chi connectivity index (χ4n) is 0.670. The molecule has 1 N–H and O–H groups in total. The van der Waals surface area contributed by atoms with Gasteiger partial charge < -0.3 is 9.84 Å². The minimum atomic E-state index is -0.406. The zero-order chi connectivity index (χ0) is 8.53. The smallest absolute Gasteiger partial charge is 0.0740 e. The van der Waals surface area contributed by atoms with Gasteiger partial charge in [-0.3, -0.25) is 0 Å². The van der Waals surface area contributed by atoms with Gasteiger partial charge in [-0.25, -0.2) is 0 Å². The summed E-state index contributed by atoms with van der Waals surface area (Å²) in [6, 6.07) is 0. The van der Waals surface area contributed by atoms with Crippen LogP contribution in [0.2, 0.25) is 0 Å². The Bertz CT molecular complexity index is 91.6. The lowest BCUT2D eigenvalue weighted by molar-refractivity contribution is 0.0967. The minimum Gasteiger partial charge on any atom is -0.389 e. The summed E-state index contributed by atoms with van der Waals surface area (Å²) in [5.74, 6) is 0. The molecule has 0 amide bonds. The molecule has 0 fully saturated rings. The second kappa shape index (κ2) is 7.76. The lowest BCUT2D eigenvalue weighted by Gasteiger charge is -2.05. The molecule has 0 spiro atoms. The topological polar surface area (TPSA) is 29.5 Å². The summed E-state index contributed by atoms with van der Waals surface area (Å²) in [7, 11) is 0. The van der Waals surface area contributed by atoms with E-state index in [0.717, 1.165) is 19.4 Å². The number of hydrogen-bond acceptors (Lipinski definition) is 2. The van der Waals surface area contributed by atoms with Gasteiger partial charge in [-0.15, -0.1) is 6.58 Å². The summed E-state index contributed by atoms with van der Waals surface area (Å²) in [5, 5.41) is 9.02. The molecule has 0 aliphatic heterocycles. The molecule has 0 aromatic rings. The summed E-state index contributed by atoms with van der Waals surface area (Å²) < 4.78 is 5.24. The van der Waals surface area contributed by atoms with Gasteiger partial charge in [0.2, 0.25) is 0 Å². The first-order chi connectivity index (χ1) is 5.31. The van der Waals surface area contributed by atoms with Crippen molar-refractivity contribution < 1.29 is 9.84 Å². The highest BCUT2D eigenvalue weighted by atomic mass is 16.5. The number of ether oxygens (including phenoxy) is 1. The predicted molar refractivity (Wildman–Crippen MR) is 46.5 cm³/mol. The molecule has 0 aliphatic rings. The largest absolute Gasteiger partial charge is 0.389 e. The van der Waals surface area contributed by atoms with Crippen LogP contribution in [0, 0.1) is 0 Å². The molecule has 11 heavy (non-hydrogen) atoms. The van der Waals surface area contributed by atoms with Crippen LogP contribution in [0.25, 0.3) is 0 Å². The standard InChI is InChI=1S/C9H18O2/c1-3-5-7-11-8-6-9(10)4-2/h4,9-10H,2-3,5-8H2,1H3. The Morgan fingerprint density at radius 3 is 2.82 bits per heavy atom. The Morgan fingerprint density at radius 2 is 2.27 bits per heavy atom. The molecule has 0 saturated carbocycles. The number of rotatable bonds is 7. The van der Waals surface area contributed by atoms with Gasteiger partial charge in [0, 0.05) is 19.6 Å². The van der Waals surface area contributed by atoms with Crippen LogP contribution >= 0.6 is 0 Å². The van der Waals surface area contributed by atoms with Crippen molar-refractivity contribution >= 4 is 0 Å². The normalized spacial score (nSPS) is 12.9. The van der Waals surface area contributed by atoms with Crippen molar-refractivity contribution in [2.75, 3.05) is 13.2 Å². The molecular formula is C9H18O2. The molecule has 66 valence electrons. The monoisotopic (exact) mass is 158 g/mol. The third-order valence-corrected chi connectivity index (χ3v) is 1.47. The van der Waals surface area contributed by atoms with E-state index in [4.69, 9.17) is 9.84 Å². The summed E-state index contributed by atoms with van der Waals surface area (Å²) in [6.45, 7) is 7.04. The van der Waals surface area contributed by atoms with Crippen LogP contribution in [0.15, 0.2) is 12.7 Å². The van der Waals surface area contributed by atoms with Crippen LogP contribution in [0.5, 0.6) is 0 Å². The molecule has 2 nitrogen and oxygen atoms in total. The Kier molecular flexibility index (Phi) is 7.52. The third-order valence-electron chi connectivity index (χ3n) is 1.47. The maximum Gasteiger partial charge on any atom is 0.0740 e. The Labute approximate surface area is 68.9 Å². The van der Waals surface area contributed by atoms with Crippen LogP contribution in [-0.4, -0.2) is 24.4 Å². The number of aliphatic hydroxyl groups excluding tert-OH is 1. The van der Waals surface area contributed by atoms with Gasteiger partial charge in [-0.2, -0.15) is 0 Å². The third kappa shape index (κ3) is 7.56. The highest BCUT2D eigenvalue weighted by Gasteiger charge is 1.96. The number of unbranched alkanes of at least 4 members (excludes halogenated alkanes) is 1. The zero-order valence-electron chi connectivity index (χ0n) is 7.25. The molecule has 1 atom stereocenters. The first-order valence-corrected chi connectivity index (χ1v) is 4.19. The van der Waals surface area contributed by atoms with Crippen LogP contribution in [0.3, 0.4) is 0 Å². The van der Waals surface area contributed by atoms with Crippen molar-refractivity contribution in [2.45, 2.75) is 32.3 Å². The molecule has 2 heteroatoms. The van der Waals surface area contributed by atoms with E-state index in [-0.39, 0.29) is 0 Å². The predicted octanol–water partition coefficient (Wildman–Crippen LogP) is 1.74. The van der Waals surface area contributed by atoms with Gasteiger partial charge in [0.05, 0.1) is 6.10 Å². The van der Waals surface area contributed by atoms with Crippen LogP contribution in [0.4, 0.5) is 0 Å². The van der Waals surface area contributed by atoms with Crippen molar-refractivity contribution in [3.8, 4) is 0 Å². The van der Waals surface area contributed by atoms with E-state index in [1.807, 2.05) is 0 Å². The molecule has 0 rings (SSSR count). The van der Waals surface area contributed by atoms with Gasteiger partial charge in [0.1, 0.15) is 0 Å². The maximum atomic E-state index is 9.02. The van der Waals surface area contributed by atoms with Crippen molar-refractivity contribution in [3.63, 3.8) is 0 Å². The van der Waals surface area contributed by atoms with E-state index in [2.05, 4.69) is 13.5 Å². The quantitative estimate of drug-likeness (QED) is 0.451. The lowest BCUT2D eigenvalue weighted by atomic mass is 10.3. The van der Waals surface area contributed by atoms with E-state index < -0.39 is 6.10 Å². The molecule has 1 unspecified atom stereocenters. The molecule has 0 radical (unpaired) electrons. The Hall–Kier alpha value is -0.340. The van der Waals surface area contributed by atoms with Gasteiger partial charge in [0.25, 0.3) is 0 Å². The summed E-state index contributed by atoms with van der Waals surface area (Å²) >= 11 is 0. The van der Waals surface area contributed by atoms with Crippen LogP contribution in [-0.2, 0) is 4.74 Å². The summed E-state index contributed by atoms with van der Waals surface area (Å²) in [4.78, 5) is 0. The van der Waals surface area contributed by atoms with Crippen molar-refractivity contribution in [1.29, 1.82) is 0 Å². The average molecular weight is 158 g/mol. The number of hydrogen-bond donors (Lipinski definition) is 1. The van der Waals surface area contributed by atoms with Gasteiger partial charge >= 0.3 is 0 Å². The molecule has 0 heterocycles. The summed E-state index contributed by atoms with van der Waals surface area (Å²) in [5.41, 5.74) is 0. The second-order valence-electron chi connectivity index (χ2n) is 2.56. The maximum absolute atomic E-state index is 9.02. The van der Waals surface area contributed by atoms with Crippen molar-refractivity contribution in [3.05, 3.63) is 12.7 Å². The highest BCUT2D eigenvalue weighted by Crippen LogP contribution is 1.94. The van der Waals surface area contributed by atoms with E-state index in [1.54, 1.807) is 0 Å². The van der Waals surface area contributed by atoms with Gasteiger partial charge in [0.15, 0.2) is 0 Å². The molecule has 0 aromatic carbocycles. The molecule has 0 bridgehead atoms. The Balaban J connectivity index is 2.95. The van der Waals surface area contributed by atoms with Crippen LogP contribution < -0.4 is 0 Å². The van der Waals surface area contributed by atoms with E-state index in [1.165, 1.54) is 6.08 Å². The molecular weight excluding hydrogens is 140 g/mol. The minimum absolute atomic E-state index is 0.406. The molecule has 0 saturated heterocycles. The van der Waals surface area contributed by atoms with E-state index >= 15 is 0 Å².